The van der Waals surface area contributed by atoms with Crippen LogP contribution in [0.25, 0.3) is 11.3 Å². The zero-order valence-corrected chi connectivity index (χ0v) is 29.0. The zero-order valence-electron chi connectivity index (χ0n) is 29.0. The SMILES string of the molecule is Cc1c(C(=O)N(C)c2ccc(O)cc2)cc(-c2cc3c(cc2C(=O)N2Cc4ccccc4C[C@H]2CN)CN(C(=O)Oc2ccccc2)CC3)n1C. The van der Waals surface area contributed by atoms with E-state index in [0.717, 1.165) is 28.1 Å². The number of nitrogens with two attached hydrogens (primary N) is 1. The summed E-state index contributed by atoms with van der Waals surface area (Å²) in [6, 6.07) is 29.2. The number of nitrogens with zero attached hydrogens (tertiary/aromatic N) is 4. The van der Waals surface area contributed by atoms with Gasteiger partial charge in [-0.2, -0.15) is 0 Å². The van der Waals surface area contributed by atoms with Crippen LogP contribution < -0.4 is 15.4 Å². The van der Waals surface area contributed by atoms with E-state index in [1.165, 1.54) is 5.56 Å². The van der Waals surface area contributed by atoms with E-state index in [1.807, 2.05) is 72.0 Å². The summed E-state index contributed by atoms with van der Waals surface area (Å²) in [6.45, 7) is 3.37. The Balaban J connectivity index is 1.28. The molecule has 4 aromatic carbocycles. The lowest BCUT2D eigenvalue weighted by Gasteiger charge is -2.37. The molecule has 10 heteroatoms. The quantitative estimate of drug-likeness (QED) is 0.224. The number of phenolic OH excluding ortho intramolecular Hbond substituents is 1. The van der Waals surface area contributed by atoms with Crippen molar-refractivity contribution in [1.29, 1.82) is 0 Å². The van der Waals surface area contributed by atoms with E-state index in [2.05, 4.69) is 12.1 Å². The van der Waals surface area contributed by atoms with Gasteiger partial charge in [-0.1, -0.05) is 42.5 Å². The highest BCUT2D eigenvalue weighted by atomic mass is 16.6. The lowest BCUT2D eigenvalue weighted by Crippen LogP contribution is -2.48. The average molecular weight is 684 g/mol. The normalized spacial score (nSPS) is 15.2. The average Bonchev–Trinajstić information content (AvgIpc) is 3.46. The van der Waals surface area contributed by atoms with Gasteiger partial charge in [-0.05, 0) is 96.6 Å². The topological polar surface area (TPSA) is 121 Å². The Bertz CT molecular complexity index is 2120. The van der Waals surface area contributed by atoms with Crippen LogP contribution in [0.2, 0.25) is 0 Å². The maximum Gasteiger partial charge on any atom is 0.415 e. The lowest BCUT2D eigenvalue weighted by molar-refractivity contribution is 0.0648. The third-order valence-corrected chi connectivity index (χ3v) is 10.3. The van der Waals surface area contributed by atoms with Crippen molar-refractivity contribution in [2.75, 3.05) is 25.0 Å². The van der Waals surface area contributed by atoms with Crippen molar-refractivity contribution in [2.45, 2.75) is 38.9 Å². The van der Waals surface area contributed by atoms with Crippen LogP contribution in [0.4, 0.5) is 10.5 Å². The van der Waals surface area contributed by atoms with E-state index in [1.54, 1.807) is 53.2 Å². The maximum absolute atomic E-state index is 14.8. The molecule has 0 spiro atoms. The van der Waals surface area contributed by atoms with E-state index in [9.17, 15) is 19.5 Å². The predicted molar refractivity (Wildman–Crippen MR) is 196 cm³/mol. The largest absolute Gasteiger partial charge is 0.508 e. The number of rotatable bonds is 6. The molecule has 0 fully saturated rings. The summed E-state index contributed by atoms with van der Waals surface area (Å²) in [6.07, 6.45) is 0.782. The fraction of sp³-hybridized carbons (Fsp3) is 0.244. The summed E-state index contributed by atoms with van der Waals surface area (Å²) >= 11 is 0. The molecule has 3 N–H and O–H groups in total. The molecule has 0 radical (unpaired) electrons. The Hall–Kier alpha value is -5.87. The Morgan fingerprint density at radius 2 is 1.57 bits per heavy atom. The van der Waals surface area contributed by atoms with Gasteiger partial charge in [0.1, 0.15) is 11.5 Å². The van der Waals surface area contributed by atoms with Crippen LogP contribution >= 0.6 is 0 Å². The van der Waals surface area contributed by atoms with Gasteiger partial charge in [-0.3, -0.25) is 9.59 Å². The number of hydrogen-bond acceptors (Lipinski definition) is 6. The van der Waals surface area contributed by atoms with Crippen LogP contribution in [0.3, 0.4) is 0 Å². The fourth-order valence-corrected chi connectivity index (χ4v) is 7.15. The molecule has 0 saturated carbocycles. The molecule has 3 heterocycles. The number of carbonyl (C=O) groups excluding carboxylic acids is 3. The molecule has 10 nitrogen and oxygen atoms in total. The van der Waals surface area contributed by atoms with Gasteiger partial charge in [-0.15, -0.1) is 0 Å². The van der Waals surface area contributed by atoms with Gasteiger partial charge in [0.2, 0.25) is 0 Å². The summed E-state index contributed by atoms with van der Waals surface area (Å²) in [7, 11) is 3.60. The molecule has 260 valence electrons. The monoisotopic (exact) mass is 683 g/mol. The molecule has 51 heavy (non-hydrogen) atoms. The molecule has 0 bridgehead atoms. The van der Waals surface area contributed by atoms with Crippen molar-refractivity contribution >= 4 is 23.6 Å². The standard InChI is InChI=1S/C41H41N5O5/c1-26-35(39(48)44(3)31-13-15-33(47)16-14-31)22-38(43(26)2)36-20-28-17-18-45(41(50)51-34-11-5-4-6-12-34)24-30(28)21-37(36)40(49)46-25-29-10-8-7-9-27(29)19-32(46)23-42/h4-16,20-22,32,47H,17-19,23-25,42H2,1-3H3/t32-/m0/s1. The van der Waals surface area contributed by atoms with Crippen LogP contribution in [0.5, 0.6) is 11.5 Å². The Morgan fingerprint density at radius 3 is 2.29 bits per heavy atom. The van der Waals surface area contributed by atoms with Gasteiger partial charge in [0.25, 0.3) is 11.8 Å². The van der Waals surface area contributed by atoms with Gasteiger partial charge < -0.3 is 34.8 Å². The number of para-hydroxylation sites is 1. The molecule has 0 saturated heterocycles. The molecule has 0 unspecified atom stereocenters. The molecule has 5 aromatic rings. The molecule has 3 amide bonds. The van der Waals surface area contributed by atoms with Crippen molar-refractivity contribution in [2.24, 2.45) is 12.8 Å². The zero-order chi connectivity index (χ0) is 35.8. The first-order valence-electron chi connectivity index (χ1n) is 17.1. The van der Waals surface area contributed by atoms with Crippen molar-refractivity contribution in [3.8, 4) is 22.8 Å². The minimum Gasteiger partial charge on any atom is -0.508 e. The van der Waals surface area contributed by atoms with E-state index < -0.39 is 6.09 Å². The third kappa shape index (κ3) is 6.46. The highest BCUT2D eigenvalue weighted by molar-refractivity contribution is 6.08. The Kier molecular flexibility index (Phi) is 9.10. The first kappa shape index (κ1) is 33.6. The number of fused-ring (bicyclic) bond motifs is 2. The Morgan fingerprint density at radius 1 is 0.863 bits per heavy atom. The molecule has 0 aliphatic carbocycles. The Labute approximate surface area is 297 Å². The fourth-order valence-electron chi connectivity index (χ4n) is 7.15. The molecule has 1 aromatic heterocycles. The van der Waals surface area contributed by atoms with E-state index in [0.29, 0.717) is 60.6 Å². The second-order valence-corrected chi connectivity index (χ2v) is 13.3. The van der Waals surface area contributed by atoms with Gasteiger partial charge in [0, 0.05) is 74.5 Å². The number of aromatic hydroxyl groups is 1. The number of hydrogen-bond donors (Lipinski definition) is 2. The summed E-state index contributed by atoms with van der Waals surface area (Å²) in [5, 5.41) is 9.77. The van der Waals surface area contributed by atoms with Crippen molar-refractivity contribution < 1.29 is 24.2 Å². The van der Waals surface area contributed by atoms with Gasteiger partial charge in [0.05, 0.1) is 5.56 Å². The van der Waals surface area contributed by atoms with Crippen LogP contribution in [-0.2, 0) is 33.0 Å². The lowest BCUT2D eigenvalue weighted by atomic mass is 9.89. The van der Waals surface area contributed by atoms with Crippen molar-refractivity contribution in [3.05, 3.63) is 136 Å². The first-order chi connectivity index (χ1) is 24.6. The van der Waals surface area contributed by atoms with E-state index in [4.69, 9.17) is 10.5 Å². The van der Waals surface area contributed by atoms with Gasteiger partial charge in [0.15, 0.2) is 0 Å². The van der Waals surface area contributed by atoms with Crippen molar-refractivity contribution in [1.82, 2.24) is 14.4 Å². The van der Waals surface area contributed by atoms with Crippen LogP contribution in [0.15, 0.2) is 97.1 Å². The van der Waals surface area contributed by atoms with Crippen LogP contribution in [0.1, 0.15) is 48.7 Å². The number of phenols is 1. The summed E-state index contributed by atoms with van der Waals surface area (Å²) < 4.78 is 7.61. The first-order valence-corrected chi connectivity index (χ1v) is 17.1. The van der Waals surface area contributed by atoms with Crippen LogP contribution in [-0.4, -0.2) is 63.6 Å². The molecule has 1 atom stereocenters. The molecule has 7 rings (SSSR count). The van der Waals surface area contributed by atoms with Crippen LogP contribution in [0, 0.1) is 6.92 Å². The third-order valence-electron chi connectivity index (χ3n) is 10.3. The minimum atomic E-state index is -0.446. The second kappa shape index (κ2) is 13.8. The molecular formula is C41H41N5O5. The highest BCUT2D eigenvalue weighted by Crippen LogP contribution is 2.36. The summed E-state index contributed by atoms with van der Waals surface area (Å²) in [5.74, 6) is 0.217. The molecular weight excluding hydrogens is 642 g/mol. The number of ether oxygens (including phenoxy) is 1. The predicted octanol–water partition coefficient (Wildman–Crippen LogP) is 6.07. The minimum absolute atomic E-state index is 0.118. The maximum atomic E-state index is 14.8. The summed E-state index contributed by atoms with van der Waals surface area (Å²) in [5.41, 5.74) is 14.3. The smallest absolute Gasteiger partial charge is 0.415 e. The van der Waals surface area contributed by atoms with Gasteiger partial charge in [-0.25, -0.2) is 4.79 Å². The number of aromatic nitrogens is 1. The second-order valence-electron chi connectivity index (χ2n) is 13.3. The molecule has 2 aliphatic rings. The number of carbonyl (C=O) groups is 3. The number of amides is 3. The highest BCUT2D eigenvalue weighted by Gasteiger charge is 2.33. The number of benzene rings is 4. The number of anilines is 1. The van der Waals surface area contributed by atoms with Crippen molar-refractivity contribution in [3.63, 3.8) is 0 Å². The summed E-state index contributed by atoms with van der Waals surface area (Å²) in [4.78, 5) is 47.0. The molecule has 2 aliphatic heterocycles. The van der Waals surface area contributed by atoms with Gasteiger partial charge >= 0.3 is 6.09 Å². The van der Waals surface area contributed by atoms with E-state index in [-0.39, 0.29) is 30.2 Å². The van der Waals surface area contributed by atoms with E-state index >= 15 is 0 Å².